The summed E-state index contributed by atoms with van der Waals surface area (Å²) in [4.78, 5) is 34.3. The first-order chi connectivity index (χ1) is 13.0. The lowest BCUT2D eigenvalue weighted by Crippen LogP contribution is -2.49. The van der Waals surface area contributed by atoms with Crippen LogP contribution in [0.4, 0.5) is 15.9 Å². The lowest BCUT2D eigenvalue weighted by molar-refractivity contribution is -0.131. The van der Waals surface area contributed by atoms with Gasteiger partial charge in [0.1, 0.15) is 11.6 Å². The summed E-state index contributed by atoms with van der Waals surface area (Å²) in [7, 11) is 0. The number of halogens is 1. The lowest BCUT2D eigenvalue weighted by atomic mass is 10.2. The predicted octanol–water partition coefficient (Wildman–Crippen LogP) is 2.31. The summed E-state index contributed by atoms with van der Waals surface area (Å²) in [5.74, 6) is 0.409. The number of hydrogen-bond donors (Lipinski definition) is 0. The van der Waals surface area contributed by atoms with Crippen LogP contribution in [0.5, 0.6) is 0 Å². The van der Waals surface area contributed by atoms with Gasteiger partial charge in [0.2, 0.25) is 11.8 Å². The summed E-state index contributed by atoms with van der Waals surface area (Å²) < 4.78 is 13.1. The van der Waals surface area contributed by atoms with Crippen molar-refractivity contribution in [2.45, 2.75) is 13.3 Å². The van der Waals surface area contributed by atoms with Crippen LogP contribution in [0, 0.1) is 5.82 Å². The minimum absolute atomic E-state index is 0.0176. The fourth-order valence-corrected chi connectivity index (χ4v) is 3.18. The number of carbonyl (C=O) groups excluding carboxylic acids is 2. The fraction of sp³-hybridized carbons (Fsp3) is 0.350. The van der Waals surface area contributed by atoms with E-state index in [1.807, 2.05) is 23.1 Å². The van der Waals surface area contributed by atoms with E-state index in [-0.39, 0.29) is 30.6 Å². The molecule has 0 atom stereocenters. The molecule has 0 unspecified atom stereocenters. The van der Waals surface area contributed by atoms with Crippen molar-refractivity contribution in [2.75, 3.05) is 42.5 Å². The van der Waals surface area contributed by atoms with Gasteiger partial charge in [0.25, 0.3) is 0 Å². The first-order valence-corrected chi connectivity index (χ1v) is 9.02. The van der Waals surface area contributed by atoms with Crippen LogP contribution in [0.25, 0.3) is 0 Å². The van der Waals surface area contributed by atoms with Crippen LogP contribution in [-0.4, -0.2) is 54.4 Å². The Hall–Kier alpha value is -2.96. The summed E-state index contributed by atoms with van der Waals surface area (Å²) in [5.41, 5.74) is 0.594. The van der Waals surface area contributed by atoms with Gasteiger partial charge in [-0.1, -0.05) is 6.07 Å². The van der Waals surface area contributed by atoms with Gasteiger partial charge in [-0.25, -0.2) is 9.37 Å². The van der Waals surface area contributed by atoms with Gasteiger partial charge in [0.05, 0.1) is 0 Å². The van der Waals surface area contributed by atoms with Crippen molar-refractivity contribution in [3.63, 3.8) is 0 Å². The third kappa shape index (κ3) is 4.81. The smallest absolute Gasteiger partial charge is 0.224 e. The van der Waals surface area contributed by atoms with Crippen molar-refractivity contribution in [2.24, 2.45) is 0 Å². The quantitative estimate of drug-likeness (QED) is 0.811. The van der Waals surface area contributed by atoms with Crippen LogP contribution in [0.3, 0.4) is 0 Å². The number of aromatic nitrogens is 1. The molecule has 1 aliphatic rings. The Kier molecular flexibility index (Phi) is 6.01. The zero-order valence-electron chi connectivity index (χ0n) is 15.3. The zero-order valence-corrected chi connectivity index (χ0v) is 15.3. The van der Waals surface area contributed by atoms with Gasteiger partial charge in [-0.2, -0.15) is 0 Å². The first kappa shape index (κ1) is 18.8. The maximum Gasteiger partial charge on any atom is 0.224 e. The fourth-order valence-electron chi connectivity index (χ4n) is 3.18. The van der Waals surface area contributed by atoms with Gasteiger partial charge in [0.15, 0.2) is 0 Å². The lowest BCUT2D eigenvalue weighted by Gasteiger charge is -2.35. The third-order valence-corrected chi connectivity index (χ3v) is 4.67. The first-order valence-electron chi connectivity index (χ1n) is 9.02. The van der Waals surface area contributed by atoms with Crippen molar-refractivity contribution < 1.29 is 14.0 Å². The minimum atomic E-state index is -0.357. The van der Waals surface area contributed by atoms with E-state index in [1.165, 1.54) is 24.0 Å². The van der Waals surface area contributed by atoms with Crippen molar-refractivity contribution in [1.29, 1.82) is 0 Å². The monoisotopic (exact) mass is 370 g/mol. The molecule has 1 aromatic heterocycles. The third-order valence-electron chi connectivity index (χ3n) is 4.67. The Morgan fingerprint density at radius 1 is 1.07 bits per heavy atom. The van der Waals surface area contributed by atoms with Crippen LogP contribution < -0.4 is 9.80 Å². The molecule has 2 aromatic rings. The molecule has 0 N–H and O–H groups in total. The van der Waals surface area contributed by atoms with Crippen LogP contribution >= 0.6 is 0 Å². The number of anilines is 2. The number of benzene rings is 1. The average Bonchev–Trinajstić information content (AvgIpc) is 2.70. The molecule has 0 bridgehead atoms. The normalized spacial score (nSPS) is 14.1. The predicted molar refractivity (Wildman–Crippen MR) is 102 cm³/mol. The van der Waals surface area contributed by atoms with Crippen LogP contribution in [-0.2, 0) is 9.59 Å². The van der Waals surface area contributed by atoms with Gasteiger partial charge < -0.3 is 14.7 Å². The largest absolute Gasteiger partial charge is 0.353 e. The van der Waals surface area contributed by atoms with Crippen molar-refractivity contribution in [1.82, 2.24) is 9.88 Å². The molecule has 1 fully saturated rings. The van der Waals surface area contributed by atoms with Crippen molar-refractivity contribution in [3.8, 4) is 0 Å². The maximum absolute atomic E-state index is 13.1. The highest BCUT2D eigenvalue weighted by Gasteiger charge is 2.22. The Bertz CT molecular complexity index is 774. The molecule has 2 heterocycles. The van der Waals surface area contributed by atoms with Gasteiger partial charge in [-0.05, 0) is 36.4 Å². The van der Waals surface area contributed by atoms with E-state index in [0.29, 0.717) is 18.8 Å². The number of piperazine rings is 1. The second kappa shape index (κ2) is 8.62. The SMILES string of the molecule is CC(=O)N(CCC(=O)N1CCN(c2ccccn2)CC1)c1ccc(F)cc1. The molecule has 1 saturated heterocycles. The average molecular weight is 370 g/mol. The number of carbonyl (C=O) groups is 2. The number of pyridine rings is 1. The second-order valence-corrected chi connectivity index (χ2v) is 6.45. The van der Waals surface area contributed by atoms with Crippen molar-refractivity contribution in [3.05, 3.63) is 54.5 Å². The van der Waals surface area contributed by atoms with E-state index in [2.05, 4.69) is 9.88 Å². The summed E-state index contributed by atoms with van der Waals surface area (Å²) in [6, 6.07) is 11.5. The van der Waals surface area contributed by atoms with Crippen LogP contribution in [0.2, 0.25) is 0 Å². The number of hydrogen-bond acceptors (Lipinski definition) is 4. The highest BCUT2D eigenvalue weighted by molar-refractivity contribution is 5.92. The molecule has 142 valence electrons. The molecule has 7 heteroatoms. The topological polar surface area (TPSA) is 56.8 Å². The number of amides is 2. The molecule has 2 amide bonds. The van der Waals surface area contributed by atoms with E-state index in [1.54, 1.807) is 18.3 Å². The molecular formula is C20H23FN4O2. The molecule has 0 spiro atoms. The number of rotatable bonds is 5. The molecular weight excluding hydrogens is 347 g/mol. The van der Waals surface area contributed by atoms with E-state index >= 15 is 0 Å². The number of nitrogens with zero attached hydrogens (tertiary/aromatic N) is 4. The molecule has 1 aliphatic heterocycles. The van der Waals surface area contributed by atoms with Gasteiger partial charge in [0, 0.05) is 58.0 Å². The molecule has 0 radical (unpaired) electrons. The summed E-state index contributed by atoms with van der Waals surface area (Å²) in [5, 5.41) is 0. The van der Waals surface area contributed by atoms with Crippen molar-refractivity contribution >= 4 is 23.3 Å². The Morgan fingerprint density at radius 2 is 1.78 bits per heavy atom. The second-order valence-electron chi connectivity index (χ2n) is 6.45. The summed E-state index contributed by atoms with van der Waals surface area (Å²) in [6.45, 7) is 4.45. The van der Waals surface area contributed by atoms with Gasteiger partial charge >= 0.3 is 0 Å². The molecule has 27 heavy (non-hydrogen) atoms. The highest BCUT2D eigenvalue weighted by Crippen LogP contribution is 2.17. The zero-order chi connectivity index (χ0) is 19.2. The Labute approximate surface area is 158 Å². The van der Waals surface area contributed by atoms with Gasteiger partial charge in [-0.3, -0.25) is 9.59 Å². The van der Waals surface area contributed by atoms with Gasteiger partial charge in [-0.15, -0.1) is 0 Å². The van der Waals surface area contributed by atoms with E-state index in [0.717, 1.165) is 18.9 Å². The summed E-state index contributed by atoms with van der Waals surface area (Å²) >= 11 is 0. The van der Waals surface area contributed by atoms with Crippen LogP contribution in [0.1, 0.15) is 13.3 Å². The molecule has 3 rings (SSSR count). The van der Waals surface area contributed by atoms with Crippen LogP contribution in [0.15, 0.2) is 48.7 Å². The Balaban J connectivity index is 1.53. The van der Waals surface area contributed by atoms with E-state index in [4.69, 9.17) is 0 Å². The standard InChI is InChI=1S/C20H23FN4O2/c1-16(26)25(18-7-5-17(21)6-8-18)11-9-20(27)24-14-12-23(13-15-24)19-4-2-3-10-22-19/h2-8,10H,9,11-15H2,1H3. The molecule has 6 nitrogen and oxygen atoms in total. The molecule has 1 aromatic carbocycles. The molecule has 0 saturated carbocycles. The maximum atomic E-state index is 13.1. The molecule has 0 aliphatic carbocycles. The highest BCUT2D eigenvalue weighted by atomic mass is 19.1. The van der Waals surface area contributed by atoms with E-state index in [9.17, 15) is 14.0 Å². The Morgan fingerprint density at radius 3 is 2.37 bits per heavy atom. The van der Waals surface area contributed by atoms with E-state index < -0.39 is 0 Å². The summed E-state index contributed by atoms with van der Waals surface area (Å²) in [6.07, 6.45) is 2.00. The minimum Gasteiger partial charge on any atom is -0.353 e.